The van der Waals surface area contributed by atoms with Gasteiger partial charge in [-0.3, -0.25) is 9.89 Å². The van der Waals surface area contributed by atoms with Crippen LogP contribution in [0, 0.1) is 11.3 Å². The zero-order chi connectivity index (χ0) is 17.6. The van der Waals surface area contributed by atoms with Crippen LogP contribution in [0.4, 0.5) is 0 Å². The Hall–Kier alpha value is -0.870. The van der Waals surface area contributed by atoms with Crippen molar-refractivity contribution in [2.75, 3.05) is 39.8 Å². The predicted octanol–water partition coefficient (Wildman–Crippen LogP) is 1.94. The van der Waals surface area contributed by atoms with Crippen LogP contribution in [-0.4, -0.2) is 72.9 Å². The number of piperazine rings is 1. The van der Waals surface area contributed by atoms with Crippen LogP contribution in [0.25, 0.3) is 0 Å². The number of ether oxygens (including phenoxy) is 1. The Morgan fingerprint density at radius 1 is 1.33 bits per heavy atom. The van der Waals surface area contributed by atoms with Crippen LogP contribution in [-0.2, 0) is 11.3 Å². The Labute approximate surface area is 177 Å². The van der Waals surface area contributed by atoms with E-state index in [1.54, 1.807) is 6.26 Å². The molecule has 4 aliphatic rings. The summed E-state index contributed by atoms with van der Waals surface area (Å²) in [5, 5.41) is 7.87. The Bertz CT molecular complexity index is 655. The van der Waals surface area contributed by atoms with Gasteiger partial charge in [0.05, 0.1) is 11.8 Å². The molecule has 0 radical (unpaired) electrons. The van der Waals surface area contributed by atoms with E-state index in [9.17, 15) is 0 Å². The van der Waals surface area contributed by atoms with E-state index in [-0.39, 0.29) is 24.0 Å². The zero-order valence-corrected chi connectivity index (χ0v) is 18.3. The number of fused-ring (bicyclic) bond motifs is 2. The smallest absolute Gasteiger partial charge is 0.193 e. The molecule has 1 aromatic heterocycles. The Morgan fingerprint density at radius 2 is 2.15 bits per heavy atom. The first-order chi connectivity index (χ1) is 12.8. The van der Waals surface area contributed by atoms with E-state index in [2.05, 4.69) is 25.3 Å². The van der Waals surface area contributed by atoms with Gasteiger partial charge in [-0.2, -0.15) is 0 Å². The van der Waals surface area contributed by atoms with Crippen molar-refractivity contribution < 1.29 is 9.26 Å². The highest BCUT2D eigenvalue weighted by Gasteiger charge is 2.66. The predicted molar refractivity (Wildman–Crippen MR) is 113 cm³/mol. The number of hydrogen-bond acceptors (Lipinski definition) is 5. The number of aromatic nitrogens is 1. The summed E-state index contributed by atoms with van der Waals surface area (Å²) in [5.41, 5.74) is 1.40. The van der Waals surface area contributed by atoms with Crippen LogP contribution >= 0.6 is 24.0 Å². The van der Waals surface area contributed by atoms with Gasteiger partial charge in [-0.25, -0.2) is 0 Å². The third kappa shape index (κ3) is 3.27. The van der Waals surface area contributed by atoms with Gasteiger partial charge in [0.25, 0.3) is 0 Å². The Balaban J connectivity index is 0.00000180. The van der Waals surface area contributed by atoms with Gasteiger partial charge >= 0.3 is 0 Å². The number of guanidine groups is 1. The van der Waals surface area contributed by atoms with E-state index < -0.39 is 0 Å². The summed E-state index contributed by atoms with van der Waals surface area (Å²) >= 11 is 0. The highest BCUT2D eigenvalue weighted by molar-refractivity contribution is 14.0. The summed E-state index contributed by atoms with van der Waals surface area (Å²) in [7, 11) is 1.92. The van der Waals surface area contributed by atoms with Gasteiger partial charge in [0.1, 0.15) is 6.26 Å². The van der Waals surface area contributed by atoms with E-state index in [0.717, 1.165) is 51.0 Å². The molecule has 4 fully saturated rings. The summed E-state index contributed by atoms with van der Waals surface area (Å²) in [6.45, 7) is 5.86. The van der Waals surface area contributed by atoms with Crippen LogP contribution in [0.2, 0.25) is 0 Å². The van der Waals surface area contributed by atoms with Gasteiger partial charge in [-0.1, -0.05) is 11.6 Å². The lowest BCUT2D eigenvalue weighted by atomic mass is 9.46. The van der Waals surface area contributed by atoms with Crippen molar-refractivity contribution >= 4 is 29.9 Å². The Kier molecular flexibility index (Phi) is 5.67. The number of halogens is 1. The summed E-state index contributed by atoms with van der Waals surface area (Å²) in [5.74, 6) is 1.76. The molecule has 2 aliphatic heterocycles. The number of nitrogens with one attached hydrogen (secondary N) is 1. The first kappa shape index (κ1) is 19.4. The van der Waals surface area contributed by atoms with Crippen molar-refractivity contribution in [2.45, 2.75) is 44.4 Å². The normalized spacial score (nSPS) is 32.4. The minimum atomic E-state index is 0. The molecule has 27 heavy (non-hydrogen) atoms. The summed E-state index contributed by atoms with van der Waals surface area (Å²) in [6, 6.07) is 2.50. The number of nitrogens with zero attached hydrogens (tertiary/aromatic N) is 4. The van der Waals surface area contributed by atoms with Gasteiger partial charge in [0.2, 0.25) is 0 Å². The molecule has 3 atom stereocenters. The fourth-order valence-corrected chi connectivity index (χ4v) is 5.56. The maximum absolute atomic E-state index is 6.05. The Morgan fingerprint density at radius 3 is 2.78 bits per heavy atom. The third-order valence-electron chi connectivity index (χ3n) is 7.08. The lowest BCUT2D eigenvalue weighted by Gasteiger charge is -2.63. The molecule has 3 heterocycles. The van der Waals surface area contributed by atoms with Crippen molar-refractivity contribution in [3.8, 4) is 0 Å². The number of aliphatic imine (C=N–C) groups is 1. The van der Waals surface area contributed by atoms with Gasteiger partial charge < -0.3 is 19.5 Å². The molecule has 2 saturated heterocycles. The SMILES string of the molecule is CN=C(NC1C2CCOC2C12CCC2)N1CCN(Cc2ccon2)CC1.I. The topological polar surface area (TPSA) is 66.1 Å². The average molecular weight is 487 g/mol. The van der Waals surface area contributed by atoms with Crippen molar-refractivity contribution in [1.29, 1.82) is 0 Å². The van der Waals surface area contributed by atoms with Crippen molar-refractivity contribution in [1.82, 2.24) is 20.3 Å². The number of hydrogen-bond donors (Lipinski definition) is 1. The van der Waals surface area contributed by atoms with Crippen LogP contribution < -0.4 is 5.32 Å². The van der Waals surface area contributed by atoms with Gasteiger partial charge in [0.15, 0.2) is 5.96 Å². The summed E-state index contributed by atoms with van der Waals surface area (Å²) < 4.78 is 11.0. The van der Waals surface area contributed by atoms with Gasteiger partial charge in [-0.15, -0.1) is 24.0 Å². The van der Waals surface area contributed by atoms with Crippen LogP contribution in [0.1, 0.15) is 31.4 Å². The van der Waals surface area contributed by atoms with E-state index in [1.165, 1.54) is 25.7 Å². The molecule has 1 aromatic rings. The second-order valence-electron chi connectivity index (χ2n) is 8.25. The molecule has 0 bridgehead atoms. The molecule has 1 N–H and O–H groups in total. The molecule has 0 aromatic carbocycles. The lowest BCUT2D eigenvalue weighted by Crippen LogP contribution is -2.73. The van der Waals surface area contributed by atoms with E-state index in [4.69, 9.17) is 9.26 Å². The second kappa shape index (κ2) is 7.87. The van der Waals surface area contributed by atoms with Gasteiger partial charge in [-0.05, 0) is 19.3 Å². The second-order valence-corrected chi connectivity index (χ2v) is 8.25. The molecule has 1 spiro atoms. The quantitative estimate of drug-likeness (QED) is 0.400. The fourth-order valence-electron chi connectivity index (χ4n) is 5.56. The molecule has 8 heteroatoms. The monoisotopic (exact) mass is 487 g/mol. The van der Waals surface area contributed by atoms with Crippen molar-refractivity contribution in [3.63, 3.8) is 0 Å². The largest absolute Gasteiger partial charge is 0.377 e. The highest BCUT2D eigenvalue weighted by atomic mass is 127. The minimum absolute atomic E-state index is 0. The van der Waals surface area contributed by atoms with Crippen LogP contribution in [0.15, 0.2) is 21.8 Å². The average Bonchev–Trinajstić information content (AvgIpc) is 3.26. The molecular formula is C19H30IN5O2. The first-order valence-corrected chi connectivity index (χ1v) is 10.0. The molecule has 7 nitrogen and oxygen atoms in total. The molecule has 2 saturated carbocycles. The molecule has 150 valence electrons. The van der Waals surface area contributed by atoms with E-state index >= 15 is 0 Å². The molecule has 0 amide bonds. The maximum Gasteiger partial charge on any atom is 0.193 e. The molecule has 3 unspecified atom stereocenters. The van der Waals surface area contributed by atoms with E-state index in [1.807, 2.05) is 13.1 Å². The number of rotatable bonds is 3. The van der Waals surface area contributed by atoms with Crippen LogP contribution in [0.3, 0.4) is 0 Å². The first-order valence-electron chi connectivity index (χ1n) is 10.0. The van der Waals surface area contributed by atoms with Crippen LogP contribution in [0.5, 0.6) is 0 Å². The summed E-state index contributed by atoms with van der Waals surface area (Å²) in [6.07, 6.45) is 7.33. The standard InChI is InChI=1S/C19H29N5O2.HI/c1-20-18(21-16-15-4-11-25-17(15)19(16)5-2-6-19)24-9-7-23(8-10-24)13-14-3-12-26-22-14;/h3,12,15-17H,2,4-11,13H2,1H3,(H,20,21);1H. The molecule has 2 aliphatic carbocycles. The fraction of sp³-hybridized carbons (Fsp3) is 0.789. The summed E-state index contributed by atoms with van der Waals surface area (Å²) in [4.78, 5) is 9.46. The highest BCUT2D eigenvalue weighted by Crippen LogP contribution is 2.62. The van der Waals surface area contributed by atoms with E-state index in [0.29, 0.717) is 23.5 Å². The minimum Gasteiger partial charge on any atom is -0.377 e. The van der Waals surface area contributed by atoms with Gasteiger partial charge in [0, 0.05) is 69.8 Å². The lowest BCUT2D eigenvalue weighted by molar-refractivity contribution is -0.171. The molecule has 5 rings (SSSR count). The zero-order valence-electron chi connectivity index (χ0n) is 16.0. The van der Waals surface area contributed by atoms with Crippen molar-refractivity contribution in [3.05, 3.63) is 18.0 Å². The maximum atomic E-state index is 6.05. The third-order valence-corrected chi connectivity index (χ3v) is 7.08. The van der Waals surface area contributed by atoms with Crippen molar-refractivity contribution in [2.24, 2.45) is 16.3 Å². The molecular weight excluding hydrogens is 457 g/mol.